The smallest absolute Gasteiger partial charge is 0.223 e. The van der Waals surface area contributed by atoms with Gasteiger partial charge in [0.05, 0.1) is 12.1 Å². The molecule has 1 atom stereocenters. The van der Waals surface area contributed by atoms with Gasteiger partial charge in [0, 0.05) is 6.42 Å². The van der Waals surface area contributed by atoms with Gasteiger partial charge in [-0.15, -0.1) is 0 Å². The van der Waals surface area contributed by atoms with Gasteiger partial charge in [0.2, 0.25) is 15.1 Å². The van der Waals surface area contributed by atoms with Gasteiger partial charge in [0.25, 0.3) is 0 Å². The molecule has 0 aliphatic rings. The van der Waals surface area contributed by atoms with Crippen molar-refractivity contribution in [1.29, 1.82) is 10.5 Å². The number of halogens is 4. The Labute approximate surface area is 153 Å². The third-order valence-corrected chi connectivity index (χ3v) is 6.44. The number of hydrogen-bond donors (Lipinski definition) is 0. The van der Waals surface area contributed by atoms with Crippen molar-refractivity contribution >= 4 is 9.84 Å². The van der Waals surface area contributed by atoms with Gasteiger partial charge in [-0.2, -0.15) is 23.7 Å². The summed E-state index contributed by atoms with van der Waals surface area (Å²) < 4.78 is 77.2. The summed E-state index contributed by atoms with van der Waals surface area (Å²) in [6.07, 6.45) is 0.925. The molecule has 0 bridgehead atoms. The van der Waals surface area contributed by atoms with Crippen molar-refractivity contribution in [2.75, 3.05) is 0 Å². The zero-order valence-corrected chi connectivity index (χ0v) is 15.8. The number of alkyl halides is 4. The van der Waals surface area contributed by atoms with E-state index in [0.29, 0.717) is 6.42 Å². The molecule has 0 heterocycles. The highest BCUT2D eigenvalue weighted by molar-refractivity contribution is 7.93. The van der Waals surface area contributed by atoms with Crippen molar-refractivity contribution in [2.24, 2.45) is 0 Å². The monoisotopic (exact) mass is 398 g/mol. The first-order valence-corrected chi connectivity index (χ1v) is 10.4. The third kappa shape index (κ3) is 6.75. The predicted molar refractivity (Wildman–Crippen MR) is 90.3 cm³/mol. The molecule has 0 amide bonds. The van der Waals surface area contributed by atoms with E-state index in [1.807, 2.05) is 0 Å². The van der Waals surface area contributed by atoms with Crippen LogP contribution >= 0.6 is 0 Å². The van der Waals surface area contributed by atoms with Crippen LogP contribution in [0.2, 0.25) is 0 Å². The van der Waals surface area contributed by atoms with Crippen molar-refractivity contribution in [2.45, 2.75) is 94.0 Å². The molecule has 0 N–H and O–H groups in total. The summed E-state index contributed by atoms with van der Waals surface area (Å²) >= 11 is 0. The van der Waals surface area contributed by atoms with Crippen LogP contribution in [0.1, 0.15) is 77.6 Å². The van der Waals surface area contributed by atoms with Gasteiger partial charge in [0.1, 0.15) is 0 Å². The van der Waals surface area contributed by atoms with Crippen LogP contribution in [0.25, 0.3) is 0 Å². The van der Waals surface area contributed by atoms with Gasteiger partial charge >= 0.3 is 11.2 Å². The van der Waals surface area contributed by atoms with E-state index in [0.717, 1.165) is 50.7 Å². The molecule has 26 heavy (non-hydrogen) atoms. The van der Waals surface area contributed by atoms with E-state index in [-0.39, 0.29) is 12.8 Å². The molecule has 0 aliphatic heterocycles. The molecular formula is C17H26F4N2O2S. The molecule has 1 unspecified atom stereocenters. The fourth-order valence-corrected chi connectivity index (χ4v) is 4.04. The molecule has 4 nitrogen and oxygen atoms in total. The lowest BCUT2D eigenvalue weighted by atomic mass is 10.0. The number of rotatable bonds is 13. The molecule has 0 radical (unpaired) electrons. The fraction of sp³-hybridized carbons (Fsp3) is 0.882. The average molecular weight is 398 g/mol. The highest BCUT2D eigenvalue weighted by Gasteiger charge is 2.66. The number of nitriles is 2. The molecule has 0 saturated heterocycles. The van der Waals surface area contributed by atoms with Crippen molar-refractivity contribution < 1.29 is 26.0 Å². The molecule has 150 valence electrons. The van der Waals surface area contributed by atoms with Crippen molar-refractivity contribution in [3.05, 3.63) is 0 Å². The molecule has 0 aromatic heterocycles. The lowest BCUT2D eigenvalue weighted by Crippen LogP contribution is -2.51. The van der Waals surface area contributed by atoms with Gasteiger partial charge < -0.3 is 0 Å². The summed E-state index contributed by atoms with van der Waals surface area (Å²) in [7, 11) is -5.64. The Morgan fingerprint density at radius 2 is 1.19 bits per heavy atom. The van der Waals surface area contributed by atoms with Gasteiger partial charge in [-0.1, -0.05) is 64.7 Å². The highest BCUT2D eigenvalue weighted by atomic mass is 32.2. The summed E-state index contributed by atoms with van der Waals surface area (Å²) in [6, 6.07) is 1.84. The van der Waals surface area contributed by atoms with E-state index < -0.39 is 32.7 Å². The number of unbranched alkanes of at least 4 members (excludes halogenated alkanes) is 9. The molecule has 0 rings (SSSR count). The maximum absolute atomic E-state index is 14.4. The van der Waals surface area contributed by atoms with Crippen molar-refractivity contribution in [1.82, 2.24) is 0 Å². The first-order valence-electron chi connectivity index (χ1n) is 8.86. The molecule has 0 aliphatic carbocycles. The van der Waals surface area contributed by atoms with E-state index in [4.69, 9.17) is 10.5 Å². The lowest BCUT2D eigenvalue weighted by molar-refractivity contribution is -0.199. The van der Waals surface area contributed by atoms with Gasteiger partial charge in [0.15, 0.2) is 0 Å². The number of sulfone groups is 1. The molecule has 0 aromatic carbocycles. The van der Waals surface area contributed by atoms with E-state index in [1.165, 1.54) is 6.42 Å². The Hall–Kier alpha value is -1.35. The van der Waals surface area contributed by atoms with Crippen LogP contribution in [0.4, 0.5) is 17.6 Å². The fourth-order valence-electron chi connectivity index (χ4n) is 2.64. The Kier molecular flexibility index (Phi) is 10.8. The quantitative estimate of drug-likeness (QED) is 0.309. The van der Waals surface area contributed by atoms with Crippen LogP contribution in [0.15, 0.2) is 0 Å². The third-order valence-electron chi connectivity index (χ3n) is 4.27. The lowest BCUT2D eigenvalue weighted by Gasteiger charge is -2.27. The summed E-state index contributed by atoms with van der Waals surface area (Å²) in [5.74, 6) is 0. The minimum absolute atomic E-state index is 0.260. The van der Waals surface area contributed by atoms with Crippen molar-refractivity contribution in [3.63, 3.8) is 0 Å². The van der Waals surface area contributed by atoms with Gasteiger partial charge in [-0.25, -0.2) is 12.8 Å². The molecule has 0 aromatic rings. The maximum Gasteiger partial charge on any atom is 0.437 e. The normalized spacial score (nSPS) is 14.6. The summed E-state index contributed by atoms with van der Waals surface area (Å²) in [5.41, 5.74) is 0. The molecule has 0 spiro atoms. The molecule has 0 fully saturated rings. The average Bonchev–Trinajstić information content (AvgIpc) is 2.56. The second kappa shape index (κ2) is 11.4. The van der Waals surface area contributed by atoms with Crippen LogP contribution in [0.5, 0.6) is 0 Å². The molecule has 9 heteroatoms. The van der Waals surface area contributed by atoms with Gasteiger partial charge in [-0.05, 0) is 6.42 Å². The Morgan fingerprint density at radius 3 is 1.54 bits per heavy atom. The van der Waals surface area contributed by atoms with Crippen LogP contribution in [-0.4, -0.2) is 24.8 Å². The topological polar surface area (TPSA) is 81.7 Å². The molecule has 0 saturated carbocycles. The molecular weight excluding hydrogens is 372 g/mol. The Balaban J connectivity index is 4.56. The number of nitrogens with zero attached hydrogens (tertiary/aromatic N) is 2. The minimum Gasteiger partial charge on any atom is -0.223 e. The van der Waals surface area contributed by atoms with E-state index >= 15 is 0 Å². The number of hydrogen-bond acceptors (Lipinski definition) is 4. The minimum atomic E-state index is -5.70. The van der Waals surface area contributed by atoms with E-state index in [9.17, 15) is 26.0 Å². The predicted octanol–water partition coefficient (Wildman–Crippen LogP) is 5.36. The SMILES string of the molecule is CCCCCCCCCCCCC(F)(C(F)(F)F)S(=O)(=O)C(C#N)C#N. The van der Waals surface area contributed by atoms with Crippen LogP contribution in [0, 0.1) is 22.7 Å². The summed E-state index contributed by atoms with van der Waals surface area (Å²) in [4.78, 5) is 0. The largest absolute Gasteiger partial charge is 0.437 e. The van der Waals surface area contributed by atoms with E-state index in [1.54, 1.807) is 0 Å². The van der Waals surface area contributed by atoms with Crippen LogP contribution < -0.4 is 0 Å². The van der Waals surface area contributed by atoms with Crippen LogP contribution in [0.3, 0.4) is 0 Å². The second-order valence-electron chi connectivity index (χ2n) is 6.34. The maximum atomic E-state index is 14.4. The second-order valence-corrected chi connectivity index (χ2v) is 8.55. The summed E-state index contributed by atoms with van der Waals surface area (Å²) in [6.45, 7) is 2.11. The first-order chi connectivity index (χ1) is 12.1. The van der Waals surface area contributed by atoms with Crippen LogP contribution in [-0.2, 0) is 9.84 Å². The Bertz CT molecular complexity index is 579. The van der Waals surface area contributed by atoms with Gasteiger partial charge in [-0.3, -0.25) is 0 Å². The Morgan fingerprint density at radius 1 is 0.808 bits per heavy atom. The van der Waals surface area contributed by atoms with Crippen molar-refractivity contribution in [3.8, 4) is 12.1 Å². The summed E-state index contributed by atoms with van der Waals surface area (Å²) in [5, 5.41) is 9.85. The zero-order valence-electron chi connectivity index (χ0n) is 15.0. The standard InChI is InChI=1S/C17H26F4N2O2S/c1-2-3-4-5-6-7-8-9-10-11-12-16(18,17(19,20)21)26(24,25)15(13-22)14-23/h15H,2-12H2,1H3. The highest BCUT2D eigenvalue weighted by Crippen LogP contribution is 2.44. The van der Waals surface area contributed by atoms with E-state index in [2.05, 4.69) is 6.92 Å². The zero-order chi connectivity index (χ0) is 20.3. The first kappa shape index (κ1) is 24.7.